The molecule has 12 heavy (non-hydrogen) atoms. The molecule has 0 heterocycles. The number of nitrogens with zero attached hydrogens (tertiary/aromatic N) is 1. The van der Waals surface area contributed by atoms with Gasteiger partial charge in [0.2, 0.25) is 0 Å². The molecule has 0 amide bonds. The number of nitrogens with two attached hydrogens (primary N) is 1. The monoisotopic (exact) mass is 180 g/mol. The van der Waals surface area contributed by atoms with Crippen LogP contribution in [-0.2, 0) is 0 Å². The third kappa shape index (κ3) is 2.32. The molecule has 0 unspecified atom stereocenters. The molecule has 1 rings (SSSR count). The van der Waals surface area contributed by atoms with Gasteiger partial charge in [-0.15, -0.1) is 0 Å². The predicted octanol–water partition coefficient (Wildman–Crippen LogP) is 1.05. The minimum absolute atomic E-state index is 0.0539. The van der Waals surface area contributed by atoms with Gasteiger partial charge in [-0.1, -0.05) is 12.1 Å². The van der Waals surface area contributed by atoms with Crippen molar-refractivity contribution >= 4 is 23.5 Å². The van der Waals surface area contributed by atoms with E-state index in [1.807, 2.05) is 0 Å². The van der Waals surface area contributed by atoms with Crippen molar-refractivity contribution in [3.63, 3.8) is 0 Å². The van der Waals surface area contributed by atoms with Crippen LogP contribution in [0, 0.1) is 0 Å². The number of thiocarbonyl (C=S) groups is 1. The molecule has 0 aliphatic heterocycles. The maximum absolute atomic E-state index is 9.25. The van der Waals surface area contributed by atoms with E-state index in [-0.39, 0.29) is 10.9 Å². The molecule has 4 heteroatoms. The van der Waals surface area contributed by atoms with Gasteiger partial charge in [-0.3, -0.25) is 0 Å². The maximum Gasteiger partial charge on any atom is 0.190 e. The Bertz CT molecular complexity index is 323. The van der Waals surface area contributed by atoms with Crippen LogP contribution in [0.3, 0.4) is 0 Å². The summed E-state index contributed by atoms with van der Waals surface area (Å²) >= 11 is 4.54. The molecule has 0 aliphatic carbocycles. The molecule has 0 aromatic heterocycles. The van der Waals surface area contributed by atoms with Crippen molar-refractivity contribution < 1.29 is 5.11 Å². The van der Waals surface area contributed by atoms with Crippen LogP contribution in [0.1, 0.15) is 5.56 Å². The molecule has 3 N–H and O–H groups in total. The molecule has 0 radical (unpaired) electrons. The fourth-order valence-corrected chi connectivity index (χ4v) is 0.783. The van der Waals surface area contributed by atoms with Crippen molar-refractivity contribution in [2.45, 2.75) is 0 Å². The minimum atomic E-state index is 0.0539. The Kier molecular flexibility index (Phi) is 2.76. The second-order valence-electron chi connectivity index (χ2n) is 2.16. The van der Waals surface area contributed by atoms with E-state index in [1.54, 1.807) is 24.3 Å². The van der Waals surface area contributed by atoms with Crippen LogP contribution in [0.15, 0.2) is 29.3 Å². The number of phenolic OH excluding ortho intramolecular Hbond substituents is 1. The van der Waals surface area contributed by atoms with Crippen LogP contribution in [-0.4, -0.2) is 16.4 Å². The SMILES string of the molecule is NC(=S)/N=C/c1ccccc1O. The fraction of sp³-hybridized carbons (Fsp3) is 0. The van der Waals surface area contributed by atoms with Crippen molar-refractivity contribution in [3.8, 4) is 5.75 Å². The molecule has 0 saturated heterocycles. The van der Waals surface area contributed by atoms with Gasteiger partial charge in [-0.25, -0.2) is 4.99 Å². The highest BCUT2D eigenvalue weighted by atomic mass is 32.1. The van der Waals surface area contributed by atoms with E-state index in [4.69, 9.17) is 5.73 Å². The van der Waals surface area contributed by atoms with Crippen molar-refractivity contribution in [1.29, 1.82) is 0 Å². The molecule has 62 valence electrons. The first kappa shape index (κ1) is 8.67. The average Bonchev–Trinajstić information content (AvgIpc) is 2.03. The zero-order valence-corrected chi connectivity index (χ0v) is 7.08. The molecule has 3 nitrogen and oxygen atoms in total. The molecule has 0 bridgehead atoms. The van der Waals surface area contributed by atoms with E-state index in [2.05, 4.69) is 17.2 Å². The highest BCUT2D eigenvalue weighted by molar-refractivity contribution is 7.80. The Morgan fingerprint density at radius 2 is 2.17 bits per heavy atom. The second kappa shape index (κ2) is 3.82. The van der Waals surface area contributed by atoms with Crippen LogP contribution in [0.4, 0.5) is 0 Å². The lowest BCUT2D eigenvalue weighted by Gasteiger charge is -1.95. The molecule has 1 aromatic carbocycles. The van der Waals surface area contributed by atoms with Gasteiger partial charge in [0.1, 0.15) is 5.75 Å². The van der Waals surface area contributed by atoms with Gasteiger partial charge in [0.15, 0.2) is 5.11 Å². The van der Waals surface area contributed by atoms with Gasteiger partial charge in [0, 0.05) is 11.8 Å². The first-order valence-corrected chi connectivity index (χ1v) is 3.72. The second-order valence-corrected chi connectivity index (χ2v) is 2.57. The van der Waals surface area contributed by atoms with Gasteiger partial charge in [0.25, 0.3) is 0 Å². The molecule has 0 atom stereocenters. The summed E-state index contributed by atoms with van der Waals surface area (Å²) in [6.07, 6.45) is 1.43. The number of aliphatic imine (C=N–C) groups is 1. The van der Waals surface area contributed by atoms with E-state index in [1.165, 1.54) is 6.21 Å². The summed E-state index contributed by atoms with van der Waals surface area (Å²) in [6, 6.07) is 6.81. The Morgan fingerprint density at radius 1 is 1.50 bits per heavy atom. The van der Waals surface area contributed by atoms with Gasteiger partial charge in [0.05, 0.1) is 0 Å². The highest BCUT2D eigenvalue weighted by Gasteiger charge is 1.93. The molecular weight excluding hydrogens is 172 g/mol. The number of aromatic hydroxyl groups is 1. The van der Waals surface area contributed by atoms with Gasteiger partial charge in [-0.05, 0) is 24.4 Å². The van der Waals surface area contributed by atoms with E-state index in [0.717, 1.165) is 0 Å². The Balaban J connectivity index is 2.89. The number of benzene rings is 1. The normalized spacial score (nSPS) is 10.3. The smallest absolute Gasteiger partial charge is 0.190 e. The van der Waals surface area contributed by atoms with Crippen LogP contribution in [0.2, 0.25) is 0 Å². The van der Waals surface area contributed by atoms with E-state index in [0.29, 0.717) is 5.56 Å². The lowest BCUT2D eigenvalue weighted by molar-refractivity contribution is 0.474. The Morgan fingerprint density at radius 3 is 2.75 bits per heavy atom. The fourth-order valence-electron chi connectivity index (χ4n) is 0.730. The summed E-state index contributed by atoms with van der Waals surface area (Å²) in [5, 5.41) is 9.30. The number of para-hydroxylation sites is 1. The van der Waals surface area contributed by atoms with E-state index in [9.17, 15) is 5.11 Å². The number of hydrogen-bond acceptors (Lipinski definition) is 2. The first-order valence-electron chi connectivity index (χ1n) is 3.31. The summed E-state index contributed by atoms with van der Waals surface area (Å²) in [6.45, 7) is 0. The zero-order chi connectivity index (χ0) is 8.97. The van der Waals surface area contributed by atoms with Crippen molar-refractivity contribution in [3.05, 3.63) is 29.8 Å². The lowest BCUT2D eigenvalue weighted by atomic mass is 10.2. The topological polar surface area (TPSA) is 58.6 Å². The lowest BCUT2D eigenvalue weighted by Crippen LogP contribution is -2.03. The number of rotatable bonds is 1. The summed E-state index contributed by atoms with van der Waals surface area (Å²) in [5.41, 5.74) is 5.74. The third-order valence-electron chi connectivity index (χ3n) is 1.27. The molecule has 1 aromatic rings. The van der Waals surface area contributed by atoms with Gasteiger partial charge < -0.3 is 10.8 Å². The van der Waals surface area contributed by atoms with Crippen molar-refractivity contribution in [1.82, 2.24) is 0 Å². The third-order valence-corrected chi connectivity index (χ3v) is 1.37. The average molecular weight is 180 g/mol. The molecule has 0 aliphatic rings. The number of hydrogen-bond donors (Lipinski definition) is 2. The van der Waals surface area contributed by atoms with Crippen molar-refractivity contribution in [2.24, 2.45) is 10.7 Å². The van der Waals surface area contributed by atoms with Gasteiger partial charge in [-0.2, -0.15) is 0 Å². The van der Waals surface area contributed by atoms with Crippen LogP contribution in [0.5, 0.6) is 5.75 Å². The van der Waals surface area contributed by atoms with Gasteiger partial charge >= 0.3 is 0 Å². The van der Waals surface area contributed by atoms with Crippen LogP contribution in [0.25, 0.3) is 0 Å². The summed E-state index contributed by atoms with van der Waals surface area (Å²) in [5.74, 6) is 0.164. The quantitative estimate of drug-likeness (QED) is 0.501. The van der Waals surface area contributed by atoms with Crippen LogP contribution < -0.4 is 5.73 Å². The highest BCUT2D eigenvalue weighted by Crippen LogP contribution is 2.12. The molecule has 0 spiro atoms. The molecule has 0 fully saturated rings. The molecular formula is C8H8N2OS. The number of phenols is 1. The largest absolute Gasteiger partial charge is 0.507 e. The molecule has 0 saturated carbocycles. The first-order chi connectivity index (χ1) is 5.70. The van der Waals surface area contributed by atoms with Crippen molar-refractivity contribution in [2.75, 3.05) is 0 Å². The van der Waals surface area contributed by atoms with E-state index >= 15 is 0 Å². The van der Waals surface area contributed by atoms with E-state index < -0.39 is 0 Å². The van der Waals surface area contributed by atoms with Crippen LogP contribution >= 0.6 is 12.2 Å². The standard InChI is InChI=1S/C8H8N2OS/c9-8(12)10-5-6-3-1-2-4-7(6)11/h1-5,11H,(H2,9,12)/b10-5+. The summed E-state index contributed by atoms with van der Waals surface area (Å²) in [7, 11) is 0. The minimum Gasteiger partial charge on any atom is -0.507 e. The Labute approximate surface area is 75.5 Å². The maximum atomic E-state index is 9.25. The zero-order valence-electron chi connectivity index (χ0n) is 6.27. The Hall–Kier alpha value is -1.42. The summed E-state index contributed by atoms with van der Waals surface area (Å²) in [4.78, 5) is 3.68. The predicted molar refractivity (Wildman–Crippen MR) is 52.5 cm³/mol. The summed E-state index contributed by atoms with van der Waals surface area (Å²) < 4.78 is 0.